The number of ether oxygens (including phenoxy) is 1. The fourth-order valence-electron chi connectivity index (χ4n) is 1.49. The Hall–Kier alpha value is -2.48. The Balaban J connectivity index is 1.94. The first-order valence-electron chi connectivity index (χ1n) is 6.15. The SMILES string of the molecule is CCOC(=O)c1ccc(NCc2nc(C(=O)O)cs2)nc1. The molecule has 2 aromatic rings. The minimum atomic E-state index is -1.05. The van der Waals surface area contributed by atoms with E-state index in [1.165, 1.54) is 22.9 Å². The molecule has 2 heterocycles. The fraction of sp³-hybridized carbons (Fsp3) is 0.231. The third-order valence-electron chi connectivity index (χ3n) is 2.47. The highest BCUT2D eigenvalue weighted by Crippen LogP contribution is 2.12. The lowest BCUT2D eigenvalue weighted by Gasteiger charge is -2.04. The lowest BCUT2D eigenvalue weighted by atomic mass is 10.3. The quantitative estimate of drug-likeness (QED) is 0.787. The molecule has 0 amide bonds. The third kappa shape index (κ3) is 3.99. The molecule has 2 aromatic heterocycles. The van der Waals surface area contributed by atoms with E-state index in [2.05, 4.69) is 15.3 Å². The number of carboxylic acid groups (broad SMARTS) is 1. The van der Waals surface area contributed by atoms with Crippen LogP contribution in [0.3, 0.4) is 0 Å². The Kier molecular flexibility index (Phi) is 4.83. The molecule has 0 saturated heterocycles. The molecule has 2 rings (SSSR count). The topological polar surface area (TPSA) is 101 Å². The van der Waals surface area contributed by atoms with Crippen LogP contribution in [0.25, 0.3) is 0 Å². The third-order valence-corrected chi connectivity index (χ3v) is 3.32. The lowest BCUT2D eigenvalue weighted by molar-refractivity contribution is 0.0525. The second-order valence-corrected chi connectivity index (χ2v) is 4.88. The number of rotatable bonds is 6. The van der Waals surface area contributed by atoms with Gasteiger partial charge in [0, 0.05) is 11.6 Å². The summed E-state index contributed by atoms with van der Waals surface area (Å²) in [6, 6.07) is 3.26. The van der Waals surface area contributed by atoms with E-state index in [4.69, 9.17) is 9.84 Å². The highest BCUT2D eigenvalue weighted by molar-refractivity contribution is 7.09. The number of hydrogen-bond acceptors (Lipinski definition) is 7. The number of pyridine rings is 1. The highest BCUT2D eigenvalue weighted by atomic mass is 32.1. The molecule has 0 aromatic carbocycles. The van der Waals surface area contributed by atoms with Crippen LogP contribution in [0.1, 0.15) is 32.8 Å². The summed E-state index contributed by atoms with van der Waals surface area (Å²) in [6.45, 7) is 2.42. The normalized spacial score (nSPS) is 10.1. The van der Waals surface area contributed by atoms with Crippen molar-refractivity contribution >= 4 is 29.1 Å². The maximum atomic E-state index is 11.5. The predicted octanol–water partition coefficient (Wildman–Crippen LogP) is 2.03. The Labute approximate surface area is 124 Å². The number of nitrogens with zero attached hydrogens (tertiary/aromatic N) is 2. The van der Waals surface area contributed by atoms with Crippen molar-refractivity contribution < 1.29 is 19.4 Å². The van der Waals surface area contributed by atoms with Gasteiger partial charge >= 0.3 is 11.9 Å². The molecule has 0 spiro atoms. The van der Waals surface area contributed by atoms with Crippen LogP contribution in [0.4, 0.5) is 5.82 Å². The Bertz CT molecular complexity index is 639. The van der Waals surface area contributed by atoms with Crippen molar-refractivity contribution in [3.8, 4) is 0 Å². The summed E-state index contributed by atoms with van der Waals surface area (Å²) in [5.41, 5.74) is 0.409. The number of thiazole rings is 1. The zero-order valence-corrected chi connectivity index (χ0v) is 12.0. The van der Waals surface area contributed by atoms with Gasteiger partial charge in [0.25, 0.3) is 0 Å². The number of nitrogens with one attached hydrogen (secondary N) is 1. The number of aromatic carboxylic acids is 1. The average molecular weight is 307 g/mol. The molecule has 0 aliphatic carbocycles. The predicted molar refractivity (Wildman–Crippen MR) is 76.6 cm³/mol. The number of carbonyl (C=O) groups excluding carboxylic acids is 1. The Morgan fingerprint density at radius 3 is 2.81 bits per heavy atom. The number of esters is 1. The van der Waals surface area contributed by atoms with Crippen LogP contribution in [0.5, 0.6) is 0 Å². The number of aromatic nitrogens is 2. The van der Waals surface area contributed by atoms with Gasteiger partial charge in [0.2, 0.25) is 0 Å². The summed E-state index contributed by atoms with van der Waals surface area (Å²) >= 11 is 1.26. The highest BCUT2D eigenvalue weighted by Gasteiger charge is 2.09. The van der Waals surface area contributed by atoms with Gasteiger partial charge < -0.3 is 15.2 Å². The summed E-state index contributed by atoms with van der Waals surface area (Å²) in [5, 5.41) is 13.9. The largest absolute Gasteiger partial charge is 0.476 e. The van der Waals surface area contributed by atoms with Gasteiger partial charge in [-0.05, 0) is 19.1 Å². The summed E-state index contributed by atoms with van der Waals surface area (Å²) in [4.78, 5) is 30.2. The van der Waals surface area contributed by atoms with Crippen LogP contribution in [-0.2, 0) is 11.3 Å². The minimum Gasteiger partial charge on any atom is -0.476 e. The number of carboxylic acids is 1. The maximum absolute atomic E-state index is 11.5. The monoisotopic (exact) mass is 307 g/mol. The summed E-state index contributed by atoms with van der Waals surface area (Å²) in [6.07, 6.45) is 1.42. The minimum absolute atomic E-state index is 0.0300. The van der Waals surface area contributed by atoms with Crippen LogP contribution in [0.15, 0.2) is 23.7 Å². The number of hydrogen-bond donors (Lipinski definition) is 2. The molecule has 0 radical (unpaired) electrons. The maximum Gasteiger partial charge on any atom is 0.355 e. The molecule has 21 heavy (non-hydrogen) atoms. The summed E-state index contributed by atoms with van der Waals surface area (Å²) < 4.78 is 4.86. The fourth-order valence-corrected chi connectivity index (χ4v) is 2.20. The van der Waals surface area contributed by atoms with E-state index >= 15 is 0 Å². The van der Waals surface area contributed by atoms with Crippen LogP contribution >= 0.6 is 11.3 Å². The zero-order chi connectivity index (χ0) is 15.2. The molecule has 0 bridgehead atoms. The number of anilines is 1. The molecular formula is C13H13N3O4S. The zero-order valence-electron chi connectivity index (χ0n) is 11.2. The number of carbonyl (C=O) groups is 2. The second kappa shape index (κ2) is 6.80. The van der Waals surface area contributed by atoms with Crippen molar-refractivity contribution in [3.63, 3.8) is 0 Å². The summed E-state index contributed by atoms with van der Waals surface area (Å²) in [5.74, 6) is -0.896. The molecule has 7 nitrogen and oxygen atoms in total. The Morgan fingerprint density at radius 2 is 2.24 bits per heavy atom. The lowest BCUT2D eigenvalue weighted by Crippen LogP contribution is -2.06. The van der Waals surface area contributed by atoms with E-state index in [9.17, 15) is 9.59 Å². The van der Waals surface area contributed by atoms with E-state index < -0.39 is 11.9 Å². The van der Waals surface area contributed by atoms with Crippen LogP contribution in [0.2, 0.25) is 0 Å². The molecule has 0 unspecified atom stereocenters. The molecule has 0 saturated carbocycles. The van der Waals surface area contributed by atoms with E-state index in [-0.39, 0.29) is 5.69 Å². The van der Waals surface area contributed by atoms with Gasteiger partial charge in [0.15, 0.2) is 5.69 Å². The van der Waals surface area contributed by atoms with Crippen molar-refractivity contribution in [2.24, 2.45) is 0 Å². The summed E-state index contributed by atoms with van der Waals surface area (Å²) in [7, 11) is 0. The Morgan fingerprint density at radius 1 is 1.43 bits per heavy atom. The van der Waals surface area contributed by atoms with Gasteiger partial charge in [0.1, 0.15) is 10.8 Å². The molecule has 0 atom stereocenters. The van der Waals surface area contributed by atoms with Crippen LogP contribution in [0, 0.1) is 0 Å². The van der Waals surface area contributed by atoms with Gasteiger partial charge in [-0.1, -0.05) is 0 Å². The average Bonchev–Trinajstić information content (AvgIpc) is 2.95. The van der Waals surface area contributed by atoms with Crippen molar-refractivity contribution in [1.29, 1.82) is 0 Å². The molecular weight excluding hydrogens is 294 g/mol. The molecule has 2 N–H and O–H groups in total. The van der Waals surface area contributed by atoms with Crippen LogP contribution in [-0.4, -0.2) is 33.6 Å². The van der Waals surface area contributed by atoms with Gasteiger partial charge in [0.05, 0.1) is 18.7 Å². The van der Waals surface area contributed by atoms with Gasteiger partial charge in [-0.2, -0.15) is 0 Å². The first-order valence-corrected chi connectivity index (χ1v) is 7.03. The molecule has 0 aliphatic heterocycles. The first kappa shape index (κ1) is 14.9. The standard InChI is InChI=1S/C13H13N3O4S/c1-2-20-13(19)8-3-4-10(14-5-8)15-6-11-16-9(7-21-11)12(17)18/h3-5,7H,2,6H2,1H3,(H,14,15)(H,17,18). The van der Waals surface area contributed by atoms with Gasteiger partial charge in [-0.15, -0.1) is 11.3 Å². The van der Waals surface area contributed by atoms with Crippen molar-refractivity contribution in [1.82, 2.24) is 9.97 Å². The van der Waals surface area contributed by atoms with Gasteiger partial charge in [-0.25, -0.2) is 19.6 Å². The van der Waals surface area contributed by atoms with Crippen molar-refractivity contribution in [2.75, 3.05) is 11.9 Å². The van der Waals surface area contributed by atoms with E-state index in [0.29, 0.717) is 29.5 Å². The molecule has 0 aliphatic rings. The van der Waals surface area contributed by atoms with Crippen molar-refractivity contribution in [3.05, 3.63) is 40.0 Å². The van der Waals surface area contributed by atoms with Crippen molar-refractivity contribution in [2.45, 2.75) is 13.5 Å². The molecule has 110 valence electrons. The van der Waals surface area contributed by atoms with E-state index in [0.717, 1.165) is 0 Å². The molecule has 0 fully saturated rings. The van der Waals surface area contributed by atoms with E-state index in [1.54, 1.807) is 19.1 Å². The van der Waals surface area contributed by atoms with Crippen LogP contribution < -0.4 is 5.32 Å². The smallest absolute Gasteiger partial charge is 0.355 e. The van der Waals surface area contributed by atoms with Gasteiger partial charge in [-0.3, -0.25) is 0 Å². The first-order chi connectivity index (χ1) is 10.1. The second-order valence-electron chi connectivity index (χ2n) is 3.94. The van der Waals surface area contributed by atoms with E-state index in [1.807, 2.05) is 0 Å². The molecule has 8 heteroatoms.